The van der Waals surface area contributed by atoms with Crippen molar-refractivity contribution in [2.24, 2.45) is 0 Å². The molecule has 0 aromatic heterocycles. The lowest BCUT2D eigenvalue weighted by Gasteiger charge is -2.19. The Morgan fingerprint density at radius 1 is 1.53 bits per heavy atom. The smallest absolute Gasteiger partial charge is 0.234 e. The molecule has 15 heavy (non-hydrogen) atoms. The number of rotatable bonds is 9. The van der Waals surface area contributed by atoms with E-state index < -0.39 is 0 Å². The maximum Gasteiger partial charge on any atom is 0.234 e. The summed E-state index contributed by atoms with van der Waals surface area (Å²) in [5.41, 5.74) is 0. The maximum absolute atomic E-state index is 11.4. The third-order valence-corrected chi connectivity index (χ3v) is 2.08. The van der Waals surface area contributed by atoms with Gasteiger partial charge in [0.15, 0.2) is 0 Å². The van der Waals surface area contributed by atoms with Gasteiger partial charge < -0.3 is 15.2 Å². The first-order valence-electron chi connectivity index (χ1n) is 5.33. The van der Waals surface area contributed by atoms with Crippen molar-refractivity contribution in [2.75, 3.05) is 46.5 Å². The Bertz CT molecular complexity index is 165. The van der Waals surface area contributed by atoms with Crippen LogP contribution in [0.1, 0.15) is 13.3 Å². The fraction of sp³-hybridized carbons (Fsp3) is 0.900. The van der Waals surface area contributed by atoms with Crippen LogP contribution in [0.25, 0.3) is 0 Å². The van der Waals surface area contributed by atoms with Crippen LogP contribution in [-0.2, 0) is 9.53 Å². The molecule has 5 heteroatoms. The Morgan fingerprint density at radius 3 is 2.80 bits per heavy atom. The Morgan fingerprint density at radius 2 is 2.27 bits per heavy atom. The van der Waals surface area contributed by atoms with E-state index in [1.807, 2.05) is 11.8 Å². The van der Waals surface area contributed by atoms with Gasteiger partial charge in [-0.2, -0.15) is 0 Å². The number of carbonyl (C=O) groups is 1. The number of amides is 1. The highest BCUT2D eigenvalue weighted by atomic mass is 16.5. The van der Waals surface area contributed by atoms with Crippen molar-refractivity contribution in [3.05, 3.63) is 0 Å². The summed E-state index contributed by atoms with van der Waals surface area (Å²) >= 11 is 0. The van der Waals surface area contributed by atoms with Crippen molar-refractivity contribution >= 4 is 5.91 Å². The van der Waals surface area contributed by atoms with Gasteiger partial charge in [0.25, 0.3) is 0 Å². The molecule has 0 unspecified atom stereocenters. The van der Waals surface area contributed by atoms with Crippen molar-refractivity contribution in [3.63, 3.8) is 0 Å². The molecule has 0 aliphatic heterocycles. The minimum Gasteiger partial charge on any atom is -0.396 e. The first-order chi connectivity index (χ1) is 7.24. The molecular weight excluding hydrogens is 196 g/mol. The van der Waals surface area contributed by atoms with E-state index in [1.165, 1.54) is 0 Å². The van der Waals surface area contributed by atoms with Crippen LogP contribution in [-0.4, -0.2) is 62.4 Å². The number of carbonyl (C=O) groups excluding carboxylic acids is 1. The highest BCUT2D eigenvalue weighted by Crippen LogP contribution is 1.90. The molecule has 0 aromatic carbocycles. The van der Waals surface area contributed by atoms with E-state index in [9.17, 15) is 4.79 Å². The van der Waals surface area contributed by atoms with E-state index in [0.717, 1.165) is 13.1 Å². The second-order valence-corrected chi connectivity index (χ2v) is 3.29. The fourth-order valence-electron chi connectivity index (χ4n) is 1.19. The molecule has 0 spiro atoms. The molecule has 0 saturated carbocycles. The van der Waals surface area contributed by atoms with Crippen LogP contribution in [0, 0.1) is 0 Å². The van der Waals surface area contributed by atoms with E-state index in [0.29, 0.717) is 26.1 Å². The zero-order valence-electron chi connectivity index (χ0n) is 9.66. The molecule has 5 nitrogen and oxygen atoms in total. The number of methoxy groups -OCH3 is 1. The molecule has 0 saturated heterocycles. The Balaban J connectivity index is 3.60. The van der Waals surface area contributed by atoms with Gasteiger partial charge in [0, 0.05) is 26.8 Å². The summed E-state index contributed by atoms with van der Waals surface area (Å²) in [7, 11) is 1.60. The van der Waals surface area contributed by atoms with Crippen LogP contribution in [0.2, 0.25) is 0 Å². The first kappa shape index (κ1) is 14.3. The van der Waals surface area contributed by atoms with Crippen molar-refractivity contribution in [1.29, 1.82) is 0 Å². The molecule has 1 amide bonds. The van der Waals surface area contributed by atoms with Crippen LogP contribution in [0.4, 0.5) is 0 Å². The number of ether oxygens (including phenoxy) is 1. The number of hydrogen-bond acceptors (Lipinski definition) is 4. The first-order valence-corrected chi connectivity index (χ1v) is 5.33. The molecule has 2 N–H and O–H groups in total. The lowest BCUT2D eigenvalue weighted by molar-refractivity contribution is -0.122. The summed E-state index contributed by atoms with van der Waals surface area (Å²) in [4.78, 5) is 13.4. The molecule has 0 rings (SSSR count). The lowest BCUT2D eigenvalue weighted by atomic mass is 10.3. The molecular formula is C10H22N2O3. The average molecular weight is 218 g/mol. The van der Waals surface area contributed by atoms with E-state index in [4.69, 9.17) is 9.84 Å². The van der Waals surface area contributed by atoms with Crippen LogP contribution in [0.3, 0.4) is 0 Å². The number of hydrogen-bond donors (Lipinski definition) is 2. The molecule has 0 aromatic rings. The third kappa shape index (κ3) is 8.35. The minimum absolute atomic E-state index is 0.00633. The van der Waals surface area contributed by atoms with E-state index in [1.54, 1.807) is 7.11 Å². The fourth-order valence-corrected chi connectivity index (χ4v) is 1.19. The van der Waals surface area contributed by atoms with Gasteiger partial charge in [-0.15, -0.1) is 0 Å². The number of aliphatic hydroxyl groups excluding tert-OH is 1. The van der Waals surface area contributed by atoms with Gasteiger partial charge in [0.2, 0.25) is 5.91 Å². The highest BCUT2D eigenvalue weighted by Gasteiger charge is 2.07. The second-order valence-electron chi connectivity index (χ2n) is 3.29. The zero-order chi connectivity index (χ0) is 11.5. The van der Waals surface area contributed by atoms with Crippen LogP contribution in [0.15, 0.2) is 0 Å². The number of likely N-dealkylation sites (N-methyl/N-ethyl adjacent to an activating group) is 1. The zero-order valence-corrected chi connectivity index (χ0v) is 9.66. The number of nitrogens with one attached hydrogen (secondary N) is 1. The number of aliphatic hydroxyl groups is 1. The summed E-state index contributed by atoms with van der Waals surface area (Å²) < 4.78 is 4.83. The minimum atomic E-state index is 0.00633. The topological polar surface area (TPSA) is 61.8 Å². The van der Waals surface area contributed by atoms with Crippen LogP contribution in [0.5, 0.6) is 0 Å². The lowest BCUT2D eigenvalue weighted by Crippen LogP contribution is -2.39. The van der Waals surface area contributed by atoms with Crippen molar-refractivity contribution in [2.45, 2.75) is 13.3 Å². The van der Waals surface area contributed by atoms with Gasteiger partial charge in [-0.05, 0) is 13.0 Å². The van der Waals surface area contributed by atoms with Crippen molar-refractivity contribution < 1.29 is 14.6 Å². The molecule has 0 heterocycles. The predicted molar refractivity (Wildman–Crippen MR) is 58.7 cm³/mol. The second kappa shape index (κ2) is 9.89. The SMILES string of the molecule is CCN(CCCO)CC(=O)NCCOC. The van der Waals surface area contributed by atoms with E-state index in [2.05, 4.69) is 5.32 Å². The predicted octanol–water partition coefficient (Wildman–Crippen LogP) is -0.547. The Hall–Kier alpha value is -0.650. The van der Waals surface area contributed by atoms with Crippen LogP contribution >= 0.6 is 0 Å². The normalized spacial score (nSPS) is 10.7. The standard InChI is InChI=1S/C10H22N2O3/c1-3-12(6-4-7-13)9-10(14)11-5-8-15-2/h13H,3-9H2,1-2H3,(H,11,14). The monoisotopic (exact) mass is 218 g/mol. The Labute approximate surface area is 91.4 Å². The third-order valence-electron chi connectivity index (χ3n) is 2.08. The van der Waals surface area contributed by atoms with Gasteiger partial charge in [-0.1, -0.05) is 6.92 Å². The van der Waals surface area contributed by atoms with Gasteiger partial charge >= 0.3 is 0 Å². The van der Waals surface area contributed by atoms with Gasteiger partial charge in [0.05, 0.1) is 13.2 Å². The summed E-state index contributed by atoms with van der Waals surface area (Å²) in [5, 5.41) is 11.4. The van der Waals surface area contributed by atoms with E-state index in [-0.39, 0.29) is 12.5 Å². The van der Waals surface area contributed by atoms with Crippen LogP contribution < -0.4 is 5.32 Å². The molecule has 0 aliphatic rings. The quantitative estimate of drug-likeness (QED) is 0.510. The van der Waals surface area contributed by atoms with Crippen molar-refractivity contribution in [3.8, 4) is 0 Å². The number of nitrogens with zero attached hydrogens (tertiary/aromatic N) is 1. The average Bonchev–Trinajstić information content (AvgIpc) is 2.24. The Kier molecular flexibility index (Phi) is 9.46. The molecule has 0 atom stereocenters. The van der Waals surface area contributed by atoms with Gasteiger partial charge in [-0.25, -0.2) is 0 Å². The summed E-state index contributed by atoms with van der Waals surface area (Å²) in [6, 6.07) is 0. The highest BCUT2D eigenvalue weighted by molar-refractivity contribution is 5.77. The molecule has 0 aliphatic carbocycles. The molecule has 0 radical (unpaired) electrons. The largest absolute Gasteiger partial charge is 0.396 e. The summed E-state index contributed by atoms with van der Waals surface area (Å²) in [6.45, 7) is 5.21. The van der Waals surface area contributed by atoms with Gasteiger partial charge in [0.1, 0.15) is 0 Å². The van der Waals surface area contributed by atoms with E-state index >= 15 is 0 Å². The molecule has 0 fully saturated rings. The molecule has 90 valence electrons. The molecule has 0 bridgehead atoms. The van der Waals surface area contributed by atoms with Crippen molar-refractivity contribution in [1.82, 2.24) is 10.2 Å². The summed E-state index contributed by atoms with van der Waals surface area (Å²) in [6.07, 6.45) is 0.708. The van der Waals surface area contributed by atoms with Gasteiger partial charge in [-0.3, -0.25) is 9.69 Å². The summed E-state index contributed by atoms with van der Waals surface area (Å²) in [5.74, 6) is 0.00633. The maximum atomic E-state index is 11.4.